The second-order valence-electron chi connectivity index (χ2n) is 3.63. The SMILES string of the molecule is CSCCCc1ccc2ncccc2c1. The van der Waals surface area contributed by atoms with Crippen LogP contribution >= 0.6 is 11.8 Å². The Kier molecular flexibility index (Phi) is 3.62. The number of thioether (sulfide) groups is 1. The van der Waals surface area contributed by atoms with Gasteiger partial charge in [0.05, 0.1) is 5.52 Å². The van der Waals surface area contributed by atoms with E-state index in [9.17, 15) is 0 Å². The fourth-order valence-corrected chi connectivity index (χ4v) is 2.13. The minimum Gasteiger partial charge on any atom is -0.256 e. The first-order valence-corrected chi connectivity index (χ1v) is 6.62. The summed E-state index contributed by atoms with van der Waals surface area (Å²) in [5.41, 5.74) is 2.51. The first kappa shape index (κ1) is 10.5. The molecule has 0 amide bonds. The Morgan fingerprint density at radius 1 is 1.27 bits per heavy atom. The van der Waals surface area contributed by atoms with Gasteiger partial charge in [-0.2, -0.15) is 11.8 Å². The molecule has 1 nitrogen and oxygen atoms in total. The van der Waals surface area contributed by atoms with Gasteiger partial charge in [0.2, 0.25) is 0 Å². The summed E-state index contributed by atoms with van der Waals surface area (Å²) in [6.07, 6.45) is 6.43. The molecule has 15 heavy (non-hydrogen) atoms. The summed E-state index contributed by atoms with van der Waals surface area (Å²) in [5.74, 6) is 1.24. The molecule has 0 bridgehead atoms. The van der Waals surface area contributed by atoms with Crippen LogP contribution in [0.1, 0.15) is 12.0 Å². The minimum absolute atomic E-state index is 1.09. The lowest BCUT2D eigenvalue weighted by atomic mass is 10.1. The van der Waals surface area contributed by atoms with Crippen LogP contribution in [-0.2, 0) is 6.42 Å². The van der Waals surface area contributed by atoms with Crippen molar-refractivity contribution in [1.29, 1.82) is 0 Å². The van der Waals surface area contributed by atoms with Crippen LogP contribution in [0.2, 0.25) is 0 Å². The van der Waals surface area contributed by atoms with Crippen molar-refractivity contribution in [1.82, 2.24) is 4.98 Å². The topological polar surface area (TPSA) is 12.9 Å². The van der Waals surface area contributed by atoms with E-state index in [1.165, 1.54) is 29.5 Å². The molecule has 0 aliphatic rings. The van der Waals surface area contributed by atoms with Gasteiger partial charge in [-0.3, -0.25) is 4.98 Å². The first-order valence-electron chi connectivity index (χ1n) is 5.23. The summed E-state index contributed by atoms with van der Waals surface area (Å²) in [5, 5.41) is 1.25. The van der Waals surface area contributed by atoms with E-state index in [1.54, 1.807) is 0 Å². The first-order chi connectivity index (χ1) is 7.40. The number of aryl methyl sites for hydroxylation is 1. The van der Waals surface area contributed by atoms with Gasteiger partial charge in [0.15, 0.2) is 0 Å². The summed E-state index contributed by atoms with van der Waals surface area (Å²) in [4.78, 5) is 4.31. The van der Waals surface area contributed by atoms with E-state index in [0.717, 1.165) is 5.52 Å². The molecule has 1 aromatic heterocycles. The maximum atomic E-state index is 4.31. The quantitative estimate of drug-likeness (QED) is 0.727. The van der Waals surface area contributed by atoms with Crippen molar-refractivity contribution in [2.75, 3.05) is 12.0 Å². The Labute approximate surface area is 94.9 Å². The molecule has 0 N–H and O–H groups in total. The van der Waals surface area contributed by atoms with Gasteiger partial charge in [0, 0.05) is 11.6 Å². The molecule has 0 radical (unpaired) electrons. The van der Waals surface area contributed by atoms with Crippen LogP contribution in [0.5, 0.6) is 0 Å². The molecule has 2 rings (SSSR count). The molecule has 0 fully saturated rings. The fourth-order valence-electron chi connectivity index (χ4n) is 1.70. The molecule has 0 aliphatic heterocycles. The molecule has 0 unspecified atom stereocenters. The number of pyridine rings is 1. The van der Waals surface area contributed by atoms with E-state index >= 15 is 0 Å². The Hall–Kier alpha value is -1.02. The third kappa shape index (κ3) is 2.72. The maximum absolute atomic E-state index is 4.31. The van der Waals surface area contributed by atoms with Gasteiger partial charge in [-0.15, -0.1) is 0 Å². The van der Waals surface area contributed by atoms with E-state index < -0.39 is 0 Å². The maximum Gasteiger partial charge on any atom is 0.0702 e. The van der Waals surface area contributed by atoms with Crippen LogP contribution in [-0.4, -0.2) is 17.0 Å². The molecule has 0 saturated heterocycles. The predicted octanol–water partition coefficient (Wildman–Crippen LogP) is 3.53. The van der Waals surface area contributed by atoms with Crippen LogP contribution in [0.15, 0.2) is 36.5 Å². The third-order valence-electron chi connectivity index (χ3n) is 2.48. The second kappa shape index (κ2) is 5.17. The zero-order valence-corrected chi connectivity index (χ0v) is 9.76. The lowest BCUT2D eigenvalue weighted by molar-refractivity contribution is 0.936. The van der Waals surface area contributed by atoms with Crippen LogP contribution < -0.4 is 0 Å². The lowest BCUT2D eigenvalue weighted by Gasteiger charge is -2.02. The number of hydrogen-bond acceptors (Lipinski definition) is 2. The predicted molar refractivity (Wildman–Crippen MR) is 68.4 cm³/mol. The average molecular weight is 217 g/mol. The molecule has 0 aliphatic carbocycles. The van der Waals surface area contributed by atoms with Gasteiger partial charge in [-0.1, -0.05) is 12.1 Å². The number of hydrogen-bond donors (Lipinski definition) is 0. The van der Waals surface area contributed by atoms with Gasteiger partial charge < -0.3 is 0 Å². The van der Waals surface area contributed by atoms with Gasteiger partial charge in [0.1, 0.15) is 0 Å². The largest absolute Gasteiger partial charge is 0.256 e. The Bertz CT molecular complexity index is 439. The number of fused-ring (bicyclic) bond motifs is 1. The summed E-state index contributed by atoms with van der Waals surface area (Å²) >= 11 is 1.91. The van der Waals surface area contributed by atoms with Crippen molar-refractivity contribution in [3.63, 3.8) is 0 Å². The molecule has 0 spiro atoms. The Balaban J connectivity index is 2.16. The molecule has 78 valence electrons. The van der Waals surface area contributed by atoms with Crippen LogP contribution in [0.25, 0.3) is 10.9 Å². The van der Waals surface area contributed by atoms with Gasteiger partial charge in [0.25, 0.3) is 0 Å². The monoisotopic (exact) mass is 217 g/mol. The van der Waals surface area contributed by atoms with Crippen molar-refractivity contribution >= 4 is 22.7 Å². The Morgan fingerprint density at radius 3 is 3.07 bits per heavy atom. The van der Waals surface area contributed by atoms with Gasteiger partial charge in [-0.25, -0.2) is 0 Å². The highest BCUT2D eigenvalue weighted by Crippen LogP contribution is 2.15. The zero-order chi connectivity index (χ0) is 10.5. The molecular weight excluding hydrogens is 202 g/mol. The lowest BCUT2D eigenvalue weighted by Crippen LogP contribution is -1.88. The van der Waals surface area contributed by atoms with E-state index in [0.29, 0.717) is 0 Å². The van der Waals surface area contributed by atoms with E-state index in [2.05, 4.69) is 35.5 Å². The molecule has 1 heterocycles. The summed E-state index contributed by atoms with van der Waals surface area (Å²) < 4.78 is 0. The molecule has 0 atom stereocenters. The average Bonchev–Trinajstić information content (AvgIpc) is 2.29. The van der Waals surface area contributed by atoms with Crippen molar-refractivity contribution in [2.45, 2.75) is 12.8 Å². The smallest absolute Gasteiger partial charge is 0.0702 e. The van der Waals surface area contributed by atoms with Crippen molar-refractivity contribution in [3.05, 3.63) is 42.1 Å². The van der Waals surface area contributed by atoms with Gasteiger partial charge >= 0.3 is 0 Å². The minimum atomic E-state index is 1.09. The number of nitrogens with zero attached hydrogens (tertiary/aromatic N) is 1. The third-order valence-corrected chi connectivity index (χ3v) is 3.18. The number of benzene rings is 1. The summed E-state index contributed by atoms with van der Waals surface area (Å²) in [6.45, 7) is 0. The second-order valence-corrected chi connectivity index (χ2v) is 4.61. The number of aromatic nitrogens is 1. The van der Waals surface area contributed by atoms with Gasteiger partial charge in [-0.05, 0) is 48.6 Å². The highest BCUT2D eigenvalue weighted by atomic mass is 32.2. The normalized spacial score (nSPS) is 10.7. The fraction of sp³-hybridized carbons (Fsp3) is 0.308. The van der Waals surface area contributed by atoms with Crippen molar-refractivity contribution < 1.29 is 0 Å². The van der Waals surface area contributed by atoms with Crippen LogP contribution in [0, 0.1) is 0 Å². The molecular formula is C13H15NS. The highest BCUT2D eigenvalue weighted by molar-refractivity contribution is 7.98. The van der Waals surface area contributed by atoms with E-state index in [4.69, 9.17) is 0 Å². The standard InChI is InChI=1S/C13H15NS/c1-15-9-3-4-11-6-7-13-12(10-11)5-2-8-14-13/h2,5-8,10H,3-4,9H2,1H3. The molecule has 2 aromatic rings. The van der Waals surface area contributed by atoms with Crippen molar-refractivity contribution in [2.24, 2.45) is 0 Å². The summed E-state index contributed by atoms with van der Waals surface area (Å²) in [7, 11) is 0. The molecule has 2 heteroatoms. The molecule has 1 aromatic carbocycles. The number of rotatable bonds is 4. The highest BCUT2D eigenvalue weighted by Gasteiger charge is 1.96. The van der Waals surface area contributed by atoms with Crippen LogP contribution in [0.3, 0.4) is 0 Å². The van der Waals surface area contributed by atoms with Crippen LogP contribution in [0.4, 0.5) is 0 Å². The van der Waals surface area contributed by atoms with Crippen molar-refractivity contribution in [3.8, 4) is 0 Å². The van der Waals surface area contributed by atoms with E-state index in [-0.39, 0.29) is 0 Å². The molecule has 0 saturated carbocycles. The van der Waals surface area contributed by atoms with E-state index in [1.807, 2.05) is 24.0 Å². The Morgan fingerprint density at radius 2 is 2.20 bits per heavy atom. The summed E-state index contributed by atoms with van der Waals surface area (Å²) in [6, 6.07) is 10.7. The zero-order valence-electron chi connectivity index (χ0n) is 8.94.